The number of aromatic amines is 1. The van der Waals surface area contributed by atoms with Gasteiger partial charge in [0.1, 0.15) is 5.82 Å². The van der Waals surface area contributed by atoms with E-state index in [0.717, 1.165) is 5.82 Å². The van der Waals surface area contributed by atoms with Gasteiger partial charge in [-0.1, -0.05) is 27.7 Å². The minimum atomic E-state index is -0.0347. The highest BCUT2D eigenvalue weighted by molar-refractivity contribution is 5.78. The molecule has 0 aliphatic heterocycles. The molecule has 0 aliphatic rings. The Labute approximate surface area is 96.0 Å². The van der Waals surface area contributed by atoms with Crippen molar-refractivity contribution in [2.75, 3.05) is 0 Å². The minimum absolute atomic E-state index is 0.0288. The number of amides is 1. The summed E-state index contributed by atoms with van der Waals surface area (Å²) in [7, 11) is 0. The van der Waals surface area contributed by atoms with Crippen molar-refractivity contribution in [2.45, 2.75) is 41.2 Å². The average Bonchev–Trinajstić information content (AvgIpc) is 2.58. The van der Waals surface area contributed by atoms with Gasteiger partial charge in [-0.15, -0.1) is 0 Å². The molecule has 0 saturated carbocycles. The van der Waals surface area contributed by atoms with Gasteiger partial charge in [0.05, 0.1) is 6.54 Å². The van der Waals surface area contributed by atoms with E-state index in [1.807, 2.05) is 34.6 Å². The lowest BCUT2D eigenvalue weighted by atomic mass is 9.81. The molecule has 1 aromatic rings. The van der Waals surface area contributed by atoms with Crippen molar-refractivity contribution >= 4 is 5.91 Å². The average molecular weight is 224 g/mol. The second-order valence-corrected chi connectivity index (χ2v) is 5.14. The predicted octanol–water partition coefficient (Wildman–Crippen LogP) is 1.41. The molecule has 1 atom stereocenters. The Hall–Kier alpha value is -1.39. The highest BCUT2D eigenvalue weighted by Gasteiger charge is 2.26. The van der Waals surface area contributed by atoms with Crippen LogP contribution in [0.1, 0.15) is 39.3 Å². The van der Waals surface area contributed by atoms with Gasteiger partial charge in [0, 0.05) is 5.92 Å². The number of carbonyl (C=O) groups excluding carboxylic acids is 1. The van der Waals surface area contributed by atoms with Crippen LogP contribution in [0.3, 0.4) is 0 Å². The summed E-state index contributed by atoms with van der Waals surface area (Å²) in [5.41, 5.74) is -0.0288. The van der Waals surface area contributed by atoms with E-state index in [9.17, 15) is 4.79 Å². The number of H-pyrrole nitrogens is 1. The van der Waals surface area contributed by atoms with Crippen molar-refractivity contribution in [3.63, 3.8) is 0 Å². The van der Waals surface area contributed by atoms with E-state index >= 15 is 0 Å². The first kappa shape index (κ1) is 12.7. The van der Waals surface area contributed by atoms with Gasteiger partial charge < -0.3 is 5.32 Å². The maximum Gasteiger partial charge on any atom is 0.223 e. The van der Waals surface area contributed by atoms with Gasteiger partial charge >= 0.3 is 0 Å². The van der Waals surface area contributed by atoms with Gasteiger partial charge in [-0.25, -0.2) is 4.98 Å². The highest BCUT2D eigenvalue weighted by Crippen LogP contribution is 2.25. The molecule has 1 rings (SSSR count). The maximum atomic E-state index is 11.8. The summed E-state index contributed by atoms with van der Waals surface area (Å²) in [5.74, 6) is 1.38. The molecule has 5 heteroatoms. The van der Waals surface area contributed by atoms with E-state index in [0.29, 0.717) is 12.4 Å². The van der Waals surface area contributed by atoms with Crippen LogP contribution in [0.4, 0.5) is 0 Å². The molecule has 1 unspecified atom stereocenters. The van der Waals surface area contributed by atoms with Crippen molar-refractivity contribution in [2.24, 2.45) is 11.3 Å². The Morgan fingerprint density at radius 2 is 2.12 bits per heavy atom. The van der Waals surface area contributed by atoms with Crippen molar-refractivity contribution < 1.29 is 4.79 Å². The number of hydrogen-bond acceptors (Lipinski definition) is 3. The molecule has 0 aromatic carbocycles. The van der Waals surface area contributed by atoms with Gasteiger partial charge in [-0.3, -0.25) is 9.89 Å². The normalized spacial score (nSPS) is 13.6. The molecule has 5 nitrogen and oxygen atoms in total. The molecule has 0 radical (unpaired) electrons. The summed E-state index contributed by atoms with van der Waals surface area (Å²) in [5, 5.41) is 9.53. The van der Waals surface area contributed by atoms with Crippen LogP contribution in [0.5, 0.6) is 0 Å². The number of aryl methyl sites for hydroxylation is 1. The second-order valence-electron chi connectivity index (χ2n) is 5.14. The Morgan fingerprint density at radius 3 is 2.56 bits per heavy atom. The van der Waals surface area contributed by atoms with Gasteiger partial charge in [0.25, 0.3) is 0 Å². The fourth-order valence-electron chi connectivity index (χ4n) is 1.18. The summed E-state index contributed by atoms with van der Waals surface area (Å²) >= 11 is 0. The molecule has 0 aliphatic carbocycles. The summed E-state index contributed by atoms with van der Waals surface area (Å²) in [6.45, 7) is 10.3. The van der Waals surface area contributed by atoms with Gasteiger partial charge in [0.15, 0.2) is 5.82 Å². The molecule has 1 amide bonds. The lowest BCUT2D eigenvalue weighted by Crippen LogP contribution is -2.35. The van der Waals surface area contributed by atoms with Crippen LogP contribution in [-0.2, 0) is 11.3 Å². The quantitative estimate of drug-likeness (QED) is 0.815. The molecule has 0 saturated heterocycles. The molecule has 16 heavy (non-hydrogen) atoms. The van der Waals surface area contributed by atoms with Gasteiger partial charge in [0.2, 0.25) is 5.91 Å². The number of hydrogen-bond donors (Lipinski definition) is 2. The third-order valence-corrected chi connectivity index (χ3v) is 2.76. The summed E-state index contributed by atoms with van der Waals surface area (Å²) in [4.78, 5) is 15.9. The molecule has 1 heterocycles. The van der Waals surface area contributed by atoms with E-state index in [1.54, 1.807) is 0 Å². The highest BCUT2D eigenvalue weighted by atomic mass is 16.1. The topological polar surface area (TPSA) is 70.7 Å². The zero-order chi connectivity index (χ0) is 12.3. The standard InChI is InChI=1S/C11H20N4O/c1-7(11(3,4)5)10(16)12-6-9-13-8(2)14-15-9/h7H,6H2,1-5H3,(H,12,16)(H,13,14,15). The van der Waals surface area contributed by atoms with Crippen LogP contribution in [0, 0.1) is 18.3 Å². The number of rotatable bonds is 3. The molecule has 0 fully saturated rings. The largest absolute Gasteiger partial charge is 0.348 e. The van der Waals surface area contributed by atoms with Crippen LogP contribution in [0.25, 0.3) is 0 Å². The number of nitrogens with zero attached hydrogens (tertiary/aromatic N) is 2. The van der Waals surface area contributed by atoms with Gasteiger partial charge in [-0.2, -0.15) is 5.10 Å². The number of nitrogens with one attached hydrogen (secondary N) is 2. The zero-order valence-electron chi connectivity index (χ0n) is 10.6. The predicted molar refractivity (Wildman–Crippen MR) is 61.6 cm³/mol. The molecule has 0 bridgehead atoms. The van der Waals surface area contributed by atoms with E-state index in [2.05, 4.69) is 20.5 Å². The van der Waals surface area contributed by atoms with Crippen molar-refractivity contribution in [3.05, 3.63) is 11.6 Å². The molecular weight excluding hydrogens is 204 g/mol. The van der Waals surface area contributed by atoms with Crippen molar-refractivity contribution in [1.29, 1.82) is 0 Å². The van der Waals surface area contributed by atoms with Crippen LogP contribution >= 0.6 is 0 Å². The first-order chi connectivity index (χ1) is 7.30. The van der Waals surface area contributed by atoms with E-state index in [4.69, 9.17) is 0 Å². The number of aromatic nitrogens is 3. The van der Waals surface area contributed by atoms with E-state index in [-0.39, 0.29) is 17.2 Å². The summed E-state index contributed by atoms with van der Waals surface area (Å²) in [6.07, 6.45) is 0. The lowest BCUT2D eigenvalue weighted by Gasteiger charge is -2.25. The molecule has 0 spiro atoms. The van der Waals surface area contributed by atoms with Crippen molar-refractivity contribution in [3.8, 4) is 0 Å². The molecule has 2 N–H and O–H groups in total. The van der Waals surface area contributed by atoms with E-state index in [1.165, 1.54) is 0 Å². The van der Waals surface area contributed by atoms with Gasteiger partial charge in [-0.05, 0) is 12.3 Å². The molecular formula is C11H20N4O. The lowest BCUT2D eigenvalue weighted by molar-refractivity contribution is -0.127. The third kappa shape index (κ3) is 3.32. The number of carbonyl (C=O) groups is 1. The van der Waals surface area contributed by atoms with Crippen LogP contribution < -0.4 is 5.32 Å². The fourth-order valence-corrected chi connectivity index (χ4v) is 1.18. The maximum absolute atomic E-state index is 11.8. The smallest absolute Gasteiger partial charge is 0.223 e. The first-order valence-electron chi connectivity index (χ1n) is 5.46. The van der Waals surface area contributed by atoms with Crippen molar-refractivity contribution in [1.82, 2.24) is 20.5 Å². The first-order valence-corrected chi connectivity index (χ1v) is 5.46. The fraction of sp³-hybridized carbons (Fsp3) is 0.727. The zero-order valence-corrected chi connectivity index (χ0v) is 10.6. The second kappa shape index (κ2) is 4.63. The van der Waals surface area contributed by atoms with Crippen LogP contribution in [-0.4, -0.2) is 21.1 Å². The Bertz CT molecular complexity index is 364. The SMILES string of the molecule is Cc1nc(CNC(=O)C(C)C(C)(C)C)n[nH]1. The summed E-state index contributed by atoms with van der Waals surface area (Å²) in [6, 6.07) is 0. The third-order valence-electron chi connectivity index (χ3n) is 2.76. The van der Waals surface area contributed by atoms with E-state index < -0.39 is 0 Å². The Balaban J connectivity index is 2.47. The molecule has 90 valence electrons. The Kier molecular flexibility index (Phi) is 3.67. The summed E-state index contributed by atoms with van der Waals surface area (Å²) < 4.78 is 0. The minimum Gasteiger partial charge on any atom is -0.348 e. The van der Waals surface area contributed by atoms with Crippen LogP contribution in [0.2, 0.25) is 0 Å². The Morgan fingerprint density at radius 1 is 1.50 bits per heavy atom. The molecule has 1 aromatic heterocycles. The van der Waals surface area contributed by atoms with Crippen LogP contribution in [0.15, 0.2) is 0 Å². The monoisotopic (exact) mass is 224 g/mol.